The second-order valence-corrected chi connectivity index (χ2v) is 6.15. The van der Waals surface area contributed by atoms with Gasteiger partial charge < -0.3 is 9.47 Å². The Bertz CT molecular complexity index is 967. The molecular formula is C15H12N4O4S. The molecule has 4 rings (SSSR count). The van der Waals surface area contributed by atoms with Crippen LogP contribution in [-0.2, 0) is 7.05 Å². The minimum atomic E-state index is -0.429. The Balaban J connectivity index is 1.63. The predicted molar refractivity (Wildman–Crippen MR) is 88.0 cm³/mol. The molecule has 122 valence electrons. The molecule has 0 unspecified atom stereocenters. The van der Waals surface area contributed by atoms with E-state index in [1.807, 2.05) is 6.07 Å². The number of anilines is 1. The highest BCUT2D eigenvalue weighted by Gasteiger charge is 2.17. The van der Waals surface area contributed by atoms with Crippen LogP contribution < -0.4 is 20.3 Å². The lowest BCUT2D eigenvalue weighted by molar-refractivity contribution is 0.102. The molecule has 1 aliphatic rings. The van der Waals surface area contributed by atoms with Crippen molar-refractivity contribution >= 4 is 32.6 Å². The van der Waals surface area contributed by atoms with Crippen LogP contribution in [0.3, 0.4) is 0 Å². The first-order chi connectivity index (χ1) is 11.6. The average molecular weight is 344 g/mol. The maximum Gasteiger partial charge on any atom is 0.277 e. The molecule has 24 heavy (non-hydrogen) atoms. The minimum Gasteiger partial charge on any atom is -0.486 e. The molecular weight excluding hydrogens is 332 g/mol. The van der Waals surface area contributed by atoms with Gasteiger partial charge in [-0.25, -0.2) is 9.67 Å². The molecule has 1 aliphatic heterocycles. The van der Waals surface area contributed by atoms with E-state index < -0.39 is 5.91 Å². The van der Waals surface area contributed by atoms with Crippen LogP contribution in [-0.4, -0.2) is 33.9 Å². The number of carbonyl (C=O) groups is 1. The summed E-state index contributed by atoms with van der Waals surface area (Å²) in [6.45, 7) is 1.02. The second-order valence-electron chi connectivity index (χ2n) is 5.12. The van der Waals surface area contributed by atoms with Gasteiger partial charge in [0.05, 0.1) is 10.2 Å². The molecule has 9 heteroatoms. The molecule has 0 spiro atoms. The summed E-state index contributed by atoms with van der Waals surface area (Å²) in [6.07, 6.45) is 0. The fourth-order valence-electron chi connectivity index (χ4n) is 2.30. The molecule has 3 aromatic rings. The van der Waals surface area contributed by atoms with Gasteiger partial charge in [0, 0.05) is 25.2 Å². The third-order valence-corrected chi connectivity index (χ3v) is 4.40. The number of nitrogens with one attached hydrogen (secondary N) is 1. The normalized spacial score (nSPS) is 13.0. The molecule has 1 N–H and O–H groups in total. The number of ether oxygens (including phenoxy) is 2. The fraction of sp³-hybridized carbons (Fsp3) is 0.200. The van der Waals surface area contributed by atoms with Crippen molar-refractivity contribution in [1.29, 1.82) is 0 Å². The van der Waals surface area contributed by atoms with Gasteiger partial charge >= 0.3 is 0 Å². The Morgan fingerprint density at radius 1 is 1.25 bits per heavy atom. The van der Waals surface area contributed by atoms with Crippen molar-refractivity contribution in [2.75, 3.05) is 18.5 Å². The third kappa shape index (κ3) is 2.58. The Kier molecular flexibility index (Phi) is 3.42. The summed E-state index contributed by atoms with van der Waals surface area (Å²) in [5.74, 6) is 0.897. The Morgan fingerprint density at radius 2 is 2.00 bits per heavy atom. The lowest BCUT2D eigenvalue weighted by Crippen LogP contribution is -2.23. The number of rotatable bonds is 2. The zero-order valence-electron chi connectivity index (χ0n) is 12.6. The topological polar surface area (TPSA) is 95.3 Å². The molecule has 0 aliphatic carbocycles. The molecule has 8 nitrogen and oxygen atoms in total. The lowest BCUT2D eigenvalue weighted by atomic mass is 10.3. The minimum absolute atomic E-state index is 0.141. The van der Waals surface area contributed by atoms with Crippen LogP contribution in [0.25, 0.3) is 10.2 Å². The van der Waals surface area contributed by atoms with Gasteiger partial charge in [0.2, 0.25) is 0 Å². The van der Waals surface area contributed by atoms with Gasteiger partial charge in [0.25, 0.3) is 11.5 Å². The number of thiazole rings is 1. The van der Waals surface area contributed by atoms with Crippen molar-refractivity contribution in [2.45, 2.75) is 0 Å². The number of hydrogen-bond donors (Lipinski definition) is 1. The van der Waals surface area contributed by atoms with Crippen LogP contribution in [0.1, 0.15) is 10.5 Å². The quantitative estimate of drug-likeness (QED) is 0.755. The van der Waals surface area contributed by atoms with E-state index >= 15 is 0 Å². The molecule has 0 fully saturated rings. The number of carbonyl (C=O) groups excluding carboxylic acids is 1. The van der Waals surface area contributed by atoms with E-state index in [0.29, 0.717) is 35.4 Å². The van der Waals surface area contributed by atoms with Crippen LogP contribution in [0.4, 0.5) is 5.13 Å². The average Bonchev–Trinajstić information content (AvgIpc) is 2.96. The molecule has 1 aromatic carbocycles. The Labute approximate surface area is 139 Å². The van der Waals surface area contributed by atoms with Gasteiger partial charge in [-0.3, -0.25) is 14.9 Å². The van der Waals surface area contributed by atoms with Gasteiger partial charge in [0.1, 0.15) is 18.9 Å². The Morgan fingerprint density at radius 3 is 2.75 bits per heavy atom. The Hall–Kier alpha value is -2.94. The standard InChI is InChI=1S/C15H12N4O4S/c1-19-13(20)3-2-8(18-19)14(21)17-15-16-9-6-10-11(7-12(9)24-15)23-5-4-22-10/h2-3,6-7H,4-5H2,1H3,(H,16,17,21). The monoisotopic (exact) mass is 344 g/mol. The van der Waals surface area contributed by atoms with E-state index in [1.165, 1.54) is 30.5 Å². The van der Waals surface area contributed by atoms with Crippen molar-refractivity contribution < 1.29 is 14.3 Å². The van der Waals surface area contributed by atoms with E-state index in [0.717, 1.165) is 9.38 Å². The highest BCUT2D eigenvalue weighted by molar-refractivity contribution is 7.22. The largest absolute Gasteiger partial charge is 0.486 e. The first kappa shape index (κ1) is 14.6. The second kappa shape index (κ2) is 5.60. The number of benzene rings is 1. The van der Waals surface area contributed by atoms with Crippen LogP contribution in [0.15, 0.2) is 29.1 Å². The van der Waals surface area contributed by atoms with Crippen molar-refractivity contribution in [2.24, 2.45) is 7.05 Å². The maximum absolute atomic E-state index is 12.2. The summed E-state index contributed by atoms with van der Waals surface area (Å²) in [5.41, 5.74) is 0.576. The highest BCUT2D eigenvalue weighted by atomic mass is 32.1. The summed E-state index contributed by atoms with van der Waals surface area (Å²) >= 11 is 1.33. The zero-order valence-corrected chi connectivity index (χ0v) is 13.4. The van der Waals surface area contributed by atoms with Gasteiger partial charge in [-0.15, -0.1) is 0 Å². The van der Waals surface area contributed by atoms with Crippen molar-refractivity contribution in [3.05, 3.63) is 40.3 Å². The summed E-state index contributed by atoms with van der Waals surface area (Å²) in [6, 6.07) is 6.32. The molecule has 0 radical (unpaired) electrons. The fourth-order valence-corrected chi connectivity index (χ4v) is 3.17. The summed E-state index contributed by atoms with van der Waals surface area (Å²) in [7, 11) is 1.49. The number of amides is 1. The molecule has 2 aromatic heterocycles. The molecule has 0 saturated heterocycles. The van der Waals surface area contributed by atoms with Gasteiger partial charge in [-0.2, -0.15) is 5.10 Å². The lowest BCUT2D eigenvalue weighted by Gasteiger charge is -2.17. The molecule has 0 atom stereocenters. The van der Waals surface area contributed by atoms with Gasteiger partial charge in [-0.05, 0) is 6.07 Å². The first-order valence-corrected chi connectivity index (χ1v) is 7.98. The summed E-state index contributed by atoms with van der Waals surface area (Å²) in [4.78, 5) is 28.0. The number of fused-ring (bicyclic) bond motifs is 2. The van der Waals surface area contributed by atoms with E-state index in [-0.39, 0.29) is 11.3 Å². The molecule has 0 saturated carbocycles. The smallest absolute Gasteiger partial charge is 0.277 e. The maximum atomic E-state index is 12.2. The van der Waals surface area contributed by atoms with Crippen molar-refractivity contribution in [1.82, 2.24) is 14.8 Å². The van der Waals surface area contributed by atoms with E-state index in [1.54, 1.807) is 6.07 Å². The first-order valence-electron chi connectivity index (χ1n) is 7.16. The zero-order chi connectivity index (χ0) is 16.7. The molecule has 1 amide bonds. The SMILES string of the molecule is Cn1nc(C(=O)Nc2nc3cc4c(cc3s2)OCCO4)ccc1=O. The van der Waals surface area contributed by atoms with Crippen LogP contribution in [0, 0.1) is 0 Å². The van der Waals surface area contributed by atoms with Crippen LogP contribution >= 0.6 is 11.3 Å². The summed E-state index contributed by atoms with van der Waals surface area (Å²) < 4.78 is 13.1. The number of aryl methyl sites for hydroxylation is 1. The molecule has 0 bridgehead atoms. The van der Waals surface area contributed by atoms with Crippen LogP contribution in [0.2, 0.25) is 0 Å². The van der Waals surface area contributed by atoms with Gasteiger partial charge in [-0.1, -0.05) is 11.3 Å². The van der Waals surface area contributed by atoms with E-state index in [4.69, 9.17) is 9.47 Å². The predicted octanol–water partition coefficient (Wildman–Crippen LogP) is 1.41. The van der Waals surface area contributed by atoms with Gasteiger partial charge in [0.15, 0.2) is 16.6 Å². The molecule has 3 heterocycles. The van der Waals surface area contributed by atoms with Crippen molar-refractivity contribution in [3.8, 4) is 11.5 Å². The third-order valence-electron chi connectivity index (χ3n) is 3.47. The van der Waals surface area contributed by atoms with E-state index in [2.05, 4.69) is 15.4 Å². The highest BCUT2D eigenvalue weighted by Crippen LogP contribution is 2.37. The number of hydrogen-bond acceptors (Lipinski definition) is 7. The number of nitrogens with zero attached hydrogens (tertiary/aromatic N) is 3. The van der Waals surface area contributed by atoms with Crippen molar-refractivity contribution in [3.63, 3.8) is 0 Å². The number of aromatic nitrogens is 3. The van der Waals surface area contributed by atoms with Crippen LogP contribution in [0.5, 0.6) is 11.5 Å². The van der Waals surface area contributed by atoms with E-state index in [9.17, 15) is 9.59 Å². The summed E-state index contributed by atoms with van der Waals surface area (Å²) in [5, 5.41) is 7.05.